The van der Waals surface area contributed by atoms with Crippen molar-refractivity contribution in [1.82, 2.24) is 20.9 Å². The molecule has 1 aliphatic heterocycles. The number of ether oxygens (including phenoxy) is 2. The molecule has 2 rings (SSSR count). The molecule has 35 heavy (non-hydrogen) atoms. The minimum Gasteiger partial charge on any atom is -0.490 e. The van der Waals surface area contributed by atoms with Crippen molar-refractivity contribution in [2.45, 2.75) is 31.3 Å². The molecule has 1 unspecified atom stereocenters. The summed E-state index contributed by atoms with van der Waals surface area (Å²) in [6.07, 6.45) is -3.19. The number of hydrogen-bond acceptors (Lipinski definition) is 9. The van der Waals surface area contributed by atoms with Crippen molar-refractivity contribution in [3.8, 4) is 11.5 Å². The van der Waals surface area contributed by atoms with Gasteiger partial charge in [0.25, 0.3) is 0 Å². The normalized spacial score (nSPS) is 16.3. The average Bonchev–Trinajstić information content (AvgIpc) is 2.78. The molecule has 1 aromatic rings. The van der Waals surface area contributed by atoms with E-state index < -0.39 is 28.9 Å². The van der Waals surface area contributed by atoms with Crippen molar-refractivity contribution in [3.05, 3.63) is 46.2 Å². The highest BCUT2D eigenvalue weighted by molar-refractivity contribution is 5.78. The second-order valence-corrected chi connectivity index (χ2v) is 7.63. The largest absolute Gasteiger partial charge is 0.573 e. The topological polar surface area (TPSA) is 138 Å². The lowest BCUT2D eigenvalue weighted by Gasteiger charge is -2.32. The van der Waals surface area contributed by atoms with E-state index in [0.717, 1.165) is 18.3 Å². The van der Waals surface area contributed by atoms with Crippen molar-refractivity contribution in [1.29, 1.82) is 0 Å². The van der Waals surface area contributed by atoms with E-state index in [-0.39, 0.29) is 43.3 Å². The first-order valence-electron chi connectivity index (χ1n) is 10.6. The first kappa shape index (κ1) is 27.9. The van der Waals surface area contributed by atoms with Crippen LogP contribution in [0.15, 0.2) is 30.2 Å². The van der Waals surface area contributed by atoms with Crippen molar-refractivity contribution in [3.63, 3.8) is 0 Å². The Balaban J connectivity index is 1.75. The fraction of sp³-hybridized carbons (Fsp3) is 0.550. The van der Waals surface area contributed by atoms with Crippen LogP contribution in [0.5, 0.6) is 11.5 Å². The predicted molar refractivity (Wildman–Crippen MR) is 114 cm³/mol. The molecule has 1 fully saturated rings. The van der Waals surface area contributed by atoms with E-state index in [2.05, 4.69) is 20.7 Å². The van der Waals surface area contributed by atoms with E-state index in [0.29, 0.717) is 25.9 Å². The number of piperidine rings is 1. The molecule has 11 nitrogen and oxygen atoms in total. The number of hydrogen-bond donors (Lipinski definition) is 4. The van der Waals surface area contributed by atoms with Gasteiger partial charge in [-0.1, -0.05) is 0 Å². The van der Waals surface area contributed by atoms with Crippen molar-refractivity contribution >= 4 is 5.91 Å². The molecule has 1 aliphatic rings. The fourth-order valence-corrected chi connectivity index (χ4v) is 3.29. The zero-order valence-electron chi connectivity index (χ0n) is 18.8. The highest BCUT2D eigenvalue weighted by Crippen LogP contribution is 2.29. The summed E-state index contributed by atoms with van der Waals surface area (Å²) < 4.78 is 59.8. The summed E-state index contributed by atoms with van der Waals surface area (Å²) in [5.41, 5.74) is 0. The minimum atomic E-state index is -5.00. The summed E-state index contributed by atoms with van der Waals surface area (Å²) in [5, 5.41) is 27.8. The third-order valence-electron chi connectivity index (χ3n) is 4.97. The number of benzene rings is 1. The van der Waals surface area contributed by atoms with Gasteiger partial charge < -0.3 is 35.3 Å². The van der Waals surface area contributed by atoms with Gasteiger partial charge >= 0.3 is 12.2 Å². The highest BCUT2D eigenvalue weighted by atomic mass is 19.4. The van der Waals surface area contributed by atoms with Gasteiger partial charge in [-0.3, -0.25) is 15.0 Å². The Labute approximate surface area is 198 Å². The van der Waals surface area contributed by atoms with Gasteiger partial charge in [0.1, 0.15) is 11.9 Å². The summed E-state index contributed by atoms with van der Waals surface area (Å²) in [6.45, 7) is 0.706. The van der Waals surface area contributed by atoms with Crippen LogP contribution in [0.4, 0.5) is 17.6 Å². The van der Waals surface area contributed by atoms with E-state index in [9.17, 15) is 37.6 Å². The fourth-order valence-electron chi connectivity index (χ4n) is 3.29. The van der Waals surface area contributed by atoms with Crippen LogP contribution in [0.2, 0.25) is 0 Å². The number of aliphatic hydroxyl groups is 1. The lowest BCUT2D eigenvalue weighted by molar-refractivity contribution is -0.431. The van der Waals surface area contributed by atoms with Crippen LogP contribution >= 0.6 is 0 Å². The number of halogens is 4. The molecule has 1 atom stereocenters. The monoisotopic (exact) mass is 509 g/mol. The van der Waals surface area contributed by atoms with Crippen LogP contribution in [0.25, 0.3) is 0 Å². The molecule has 1 aromatic carbocycles. The van der Waals surface area contributed by atoms with Gasteiger partial charge in [0.2, 0.25) is 5.91 Å². The Bertz CT molecular complexity index is 893. The molecule has 0 aliphatic carbocycles. The second kappa shape index (κ2) is 12.9. The Kier molecular flexibility index (Phi) is 10.3. The molecule has 0 bridgehead atoms. The predicted octanol–water partition coefficient (Wildman–Crippen LogP) is 0.929. The number of carbonyl (C=O) groups is 1. The summed E-state index contributed by atoms with van der Waals surface area (Å²) in [4.78, 5) is 24.2. The number of rotatable bonds is 12. The van der Waals surface area contributed by atoms with Gasteiger partial charge in [0.05, 0.1) is 32.4 Å². The lowest BCUT2D eigenvalue weighted by atomic mass is 10.1. The third-order valence-corrected chi connectivity index (χ3v) is 4.97. The smallest absolute Gasteiger partial charge is 0.490 e. The number of likely N-dealkylation sites (tertiary alicyclic amines) is 1. The van der Waals surface area contributed by atoms with Crippen molar-refractivity contribution in [2.75, 3.05) is 39.8 Å². The van der Waals surface area contributed by atoms with E-state index >= 15 is 0 Å². The van der Waals surface area contributed by atoms with Crippen LogP contribution in [0, 0.1) is 15.9 Å². The van der Waals surface area contributed by atoms with Crippen LogP contribution < -0.4 is 25.4 Å². The Morgan fingerprint density at radius 1 is 1.37 bits per heavy atom. The molecule has 0 spiro atoms. The number of nitrogens with zero attached hydrogens (tertiary/aromatic N) is 2. The first-order chi connectivity index (χ1) is 16.5. The lowest BCUT2D eigenvalue weighted by Crippen LogP contribution is -2.49. The Hall–Kier alpha value is -3.33. The van der Waals surface area contributed by atoms with Gasteiger partial charge in [-0.05, 0) is 29.9 Å². The van der Waals surface area contributed by atoms with E-state index in [1.54, 1.807) is 0 Å². The summed E-state index contributed by atoms with van der Waals surface area (Å²) >= 11 is 0. The van der Waals surface area contributed by atoms with E-state index in [1.165, 1.54) is 13.1 Å². The van der Waals surface area contributed by atoms with Crippen LogP contribution in [0.3, 0.4) is 0 Å². The van der Waals surface area contributed by atoms with E-state index in [4.69, 9.17) is 4.74 Å². The molecule has 0 saturated carbocycles. The number of nitrogens with one attached hydrogen (secondary N) is 3. The van der Waals surface area contributed by atoms with Gasteiger partial charge in [0, 0.05) is 25.7 Å². The first-order valence-corrected chi connectivity index (χ1v) is 10.6. The van der Waals surface area contributed by atoms with Crippen LogP contribution in [0.1, 0.15) is 12.8 Å². The molecule has 196 valence electrons. The Morgan fingerprint density at radius 3 is 2.60 bits per heavy atom. The summed E-state index contributed by atoms with van der Waals surface area (Å²) in [5.74, 6) is -2.69. The van der Waals surface area contributed by atoms with Crippen molar-refractivity contribution < 1.29 is 41.9 Å². The summed E-state index contributed by atoms with van der Waals surface area (Å²) in [6, 6.07) is 2.19. The molecule has 1 amide bonds. The number of alkyl halides is 3. The van der Waals surface area contributed by atoms with Gasteiger partial charge in [-0.15, -0.1) is 13.2 Å². The van der Waals surface area contributed by atoms with Crippen LogP contribution in [-0.4, -0.2) is 79.2 Å². The quantitative estimate of drug-likeness (QED) is 0.184. The summed E-state index contributed by atoms with van der Waals surface area (Å²) in [7, 11) is 1.39. The average molecular weight is 509 g/mol. The Morgan fingerprint density at radius 2 is 2.06 bits per heavy atom. The highest BCUT2D eigenvalue weighted by Gasteiger charge is 2.32. The van der Waals surface area contributed by atoms with Gasteiger partial charge in [-0.2, -0.15) is 0 Å². The SMILES string of the molecule is CN/C(=C\NCC(CO)NC(=O)CN1CCC(Oc2ccc(OC(F)(F)F)c(F)c2)CC1)[N+](=O)[O-]. The van der Waals surface area contributed by atoms with Gasteiger partial charge in [-0.25, -0.2) is 4.39 Å². The molecule has 15 heteroatoms. The molecule has 0 aromatic heterocycles. The van der Waals surface area contributed by atoms with Crippen LogP contribution in [-0.2, 0) is 4.79 Å². The molecule has 0 radical (unpaired) electrons. The number of carbonyl (C=O) groups excluding carboxylic acids is 1. The maximum atomic E-state index is 13.8. The minimum absolute atomic E-state index is 0.0494. The molecular weight excluding hydrogens is 482 g/mol. The second-order valence-electron chi connectivity index (χ2n) is 7.63. The molecule has 1 heterocycles. The number of nitro groups is 1. The maximum Gasteiger partial charge on any atom is 0.573 e. The number of amides is 1. The van der Waals surface area contributed by atoms with Gasteiger partial charge in [0.15, 0.2) is 11.6 Å². The van der Waals surface area contributed by atoms with E-state index in [1.807, 2.05) is 4.90 Å². The third kappa shape index (κ3) is 9.82. The zero-order chi connectivity index (χ0) is 26.0. The molecule has 1 saturated heterocycles. The molecule has 4 N–H and O–H groups in total. The number of aliphatic hydroxyl groups excluding tert-OH is 1. The molecular formula is C20H27F4N5O6. The maximum absolute atomic E-state index is 13.8. The van der Waals surface area contributed by atoms with Crippen molar-refractivity contribution in [2.24, 2.45) is 0 Å². The standard InChI is InChI=1S/C20H27F4N5O6/c1-25-18(29(32)33)10-26-9-13(12-30)27-19(31)11-28-6-4-14(5-7-28)34-15-2-3-17(16(21)8-15)35-20(22,23)24/h2-3,8,10,13-14,25-26,30H,4-7,9,11-12H2,1H3,(H,27,31)/b18-10+. The zero-order valence-corrected chi connectivity index (χ0v) is 18.8.